The summed E-state index contributed by atoms with van der Waals surface area (Å²) in [6.07, 6.45) is -4.53. The second-order valence-corrected chi connectivity index (χ2v) is 9.92. The van der Waals surface area contributed by atoms with E-state index in [0.717, 1.165) is 17.8 Å². The minimum Gasteiger partial charge on any atom is -0.383 e. The molecule has 0 aliphatic heterocycles. The van der Waals surface area contributed by atoms with E-state index in [-0.39, 0.29) is 29.3 Å². The zero-order valence-electron chi connectivity index (χ0n) is 22.6. The maximum Gasteiger partial charge on any atom is 0.416 e. The number of nitrogens with two attached hydrogens (primary N) is 1. The number of halogens is 3. The highest BCUT2D eigenvalue weighted by molar-refractivity contribution is 6.03. The van der Waals surface area contributed by atoms with Gasteiger partial charge in [0.15, 0.2) is 0 Å². The number of guanidine groups is 2. The quantitative estimate of drug-likeness (QED) is 0.188. The highest BCUT2D eigenvalue weighted by atomic mass is 19.4. The Labute approximate surface area is 217 Å². The average molecular weight is 518 g/mol. The molecule has 0 heterocycles. The molecule has 7 nitrogen and oxygen atoms in total. The van der Waals surface area contributed by atoms with Crippen LogP contribution in [0.3, 0.4) is 0 Å². The molecule has 10 heteroatoms. The van der Waals surface area contributed by atoms with Crippen LogP contribution in [-0.2, 0) is 6.18 Å². The number of nitrogens with one attached hydrogen (secondary N) is 3. The van der Waals surface area contributed by atoms with Crippen molar-refractivity contribution >= 4 is 41.4 Å². The standard InChI is InChI=1S/C23H30F3N7.C4H8/c1-14(2)29-16-8-7-9-17(12-16)31-21(28-6)32-20(27)30-18-10-15(23(24,25)26)11-19(13-18)33-22(3,4)5;1-4(2)3/h7-14,29,33H,6H2,1-5H3,(H3,27,30,31,32);1H2,2-3H3. The first kappa shape index (κ1) is 31.2. The highest BCUT2D eigenvalue weighted by Crippen LogP contribution is 2.34. The molecule has 0 spiro atoms. The Morgan fingerprint density at radius 1 is 0.973 bits per heavy atom. The van der Waals surface area contributed by atoms with Gasteiger partial charge in [-0.1, -0.05) is 11.6 Å². The lowest BCUT2D eigenvalue weighted by Crippen LogP contribution is -2.27. The predicted molar refractivity (Wildman–Crippen MR) is 152 cm³/mol. The van der Waals surface area contributed by atoms with Crippen LogP contribution in [0, 0.1) is 0 Å². The maximum absolute atomic E-state index is 13.4. The Balaban J connectivity index is 0.00000159. The number of hydrogen-bond acceptors (Lipinski definition) is 3. The van der Waals surface area contributed by atoms with E-state index < -0.39 is 17.3 Å². The Morgan fingerprint density at radius 2 is 1.57 bits per heavy atom. The van der Waals surface area contributed by atoms with Gasteiger partial charge in [0, 0.05) is 28.6 Å². The van der Waals surface area contributed by atoms with Crippen molar-refractivity contribution in [2.24, 2.45) is 20.7 Å². The fourth-order valence-corrected chi connectivity index (χ4v) is 2.86. The largest absolute Gasteiger partial charge is 0.416 e. The fraction of sp³-hybridized carbons (Fsp3) is 0.370. The van der Waals surface area contributed by atoms with Crippen LogP contribution < -0.4 is 21.7 Å². The summed E-state index contributed by atoms with van der Waals surface area (Å²) >= 11 is 0. The summed E-state index contributed by atoms with van der Waals surface area (Å²) in [5.41, 5.74) is 7.67. The van der Waals surface area contributed by atoms with E-state index in [4.69, 9.17) is 5.73 Å². The van der Waals surface area contributed by atoms with E-state index in [2.05, 4.69) is 44.2 Å². The normalized spacial score (nSPS) is 12.4. The van der Waals surface area contributed by atoms with Gasteiger partial charge in [-0.2, -0.15) is 18.2 Å². The number of alkyl halides is 3. The van der Waals surface area contributed by atoms with Crippen molar-refractivity contribution in [2.45, 2.75) is 66.2 Å². The Hall–Kier alpha value is -3.82. The molecule has 2 aromatic carbocycles. The number of rotatable bonds is 5. The smallest absolute Gasteiger partial charge is 0.383 e. The molecule has 0 radical (unpaired) electrons. The van der Waals surface area contributed by atoms with Crippen LogP contribution in [0.15, 0.2) is 69.6 Å². The van der Waals surface area contributed by atoms with Crippen molar-refractivity contribution in [1.82, 2.24) is 0 Å². The summed E-state index contributed by atoms with van der Waals surface area (Å²) in [5.74, 6) is -0.222. The van der Waals surface area contributed by atoms with Gasteiger partial charge in [-0.15, -0.1) is 6.58 Å². The molecule has 0 aromatic heterocycles. The van der Waals surface area contributed by atoms with Crippen LogP contribution in [0.4, 0.5) is 35.9 Å². The first-order valence-corrected chi connectivity index (χ1v) is 11.6. The summed E-state index contributed by atoms with van der Waals surface area (Å²) in [6, 6.07) is 11.0. The molecule has 0 aliphatic carbocycles. The Morgan fingerprint density at radius 3 is 2.08 bits per heavy atom. The van der Waals surface area contributed by atoms with Crippen LogP contribution in [0.25, 0.3) is 0 Å². The van der Waals surface area contributed by atoms with Crippen LogP contribution in [0.1, 0.15) is 54.0 Å². The molecule has 0 saturated carbocycles. The summed E-state index contributed by atoms with van der Waals surface area (Å²) in [6.45, 7) is 20.5. The van der Waals surface area contributed by atoms with Gasteiger partial charge in [-0.3, -0.25) is 0 Å². The molecule has 2 aromatic rings. The van der Waals surface area contributed by atoms with Crippen molar-refractivity contribution in [1.29, 1.82) is 0 Å². The molecule has 2 rings (SSSR count). The zero-order chi connectivity index (χ0) is 28.4. The molecule has 0 atom stereocenters. The van der Waals surface area contributed by atoms with Crippen molar-refractivity contribution < 1.29 is 13.2 Å². The third kappa shape index (κ3) is 13.2. The third-order valence-electron chi connectivity index (χ3n) is 3.94. The van der Waals surface area contributed by atoms with Gasteiger partial charge >= 0.3 is 6.18 Å². The molecule has 0 unspecified atom stereocenters. The van der Waals surface area contributed by atoms with Gasteiger partial charge in [0.1, 0.15) is 0 Å². The molecule has 0 aliphatic rings. The van der Waals surface area contributed by atoms with E-state index in [0.29, 0.717) is 5.69 Å². The second kappa shape index (κ2) is 13.5. The van der Waals surface area contributed by atoms with Gasteiger partial charge in [-0.25, -0.2) is 9.98 Å². The van der Waals surface area contributed by atoms with Crippen molar-refractivity contribution in [3.8, 4) is 0 Å². The molecule has 5 N–H and O–H groups in total. The lowest BCUT2D eigenvalue weighted by Gasteiger charge is -2.23. The fourth-order valence-electron chi connectivity index (χ4n) is 2.86. The number of benzene rings is 2. The molecule has 0 saturated heterocycles. The molecular formula is C27H38F3N7. The van der Waals surface area contributed by atoms with Crippen LogP contribution in [-0.4, -0.2) is 30.2 Å². The van der Waals surface area contributed by atoms with Crippen LogP contribution >= 0.6 is 0 Å². The van der Waals surface area contributed by atoms with E-state index in [1.807, 2.05) is 66.7 Å². The summed E-state index contributed by atoms with van der Waals surface area (Å²) in [5, 5.41) is 8.97. The average Bonchev–Trinajstić information content (AvgIpc) is 2.70. The first-order valence-electron chi connectivity index (χ1n) is 11.6. The lowest BCUT2D eigenvalue weighted by atomic mass is 10.1. The molecule has 0 amide bonds. The molecule has 37 heavy (non-hydrogen) atoms. The molecule has 0 fully saturated rings. The van der Waals surface area contributed by atoms with E-state index >= 15 is 0 Å². The number of aliphatic imine (C=N–C) groups is 3. The molecule has 0 bridgehead atoms. The van der Waals surface area contributed by atoms with Gasteiger partial charge < -0.3 is 21.7 Å². The van der Waals surface area contributed by atoms with E-state index in [1.54, 1.807) is 6.07 Å². The van der Waals surface area contributed by atoms with Gasteiger partial charge in [0.2, 0.25) is 5.96 Å². The van der Waals surface area contributed by atoms with Crippen LogP contribution in [0.5, 0.6) is 0 Å². The SMILES string of the molecule is C=C(C)C.C=NC(=Nc1cccc(NC(C)C)c1)/N=C(\N)Nc1cc(NC(C)(C)C)cc(C(F)(F)F)c1. The number of anilines is 3. The summed E-state index contributed by atoms with van der Waals surface area (Å²) in [4.78, 5) is 12.1. The second-order valence-electron chi connectivity index (χ2n) is 9.92. The predicted octanol–water partition coefficient (Wildman–Crippen LogP) is 7.43. The van der Waals surface area contributed by atoms with E-state index in [1.165, 1.54) is 11.6 Å². The lowest BCUT2D eigenvalue weighted by molar-refractivity contribution is -0.137. The van der Waals surface area contributed by atoms with Gasteiger partial charge in [0.25, 0.3) is 5.96 Å². The van der Waals surface area contributed by atoms with Gasteiger partial charge in [0.05, 0.1) is 11.3 Å². The Kier molecular flexibility index (Phi) is 11.4. The van der Waals surface area contributed by atoms with Crippen LogP contribution in [0.2, 0.25) is 0 Å². The minimum atomic E-state index is -4.53. The zero-order valence-corrected chi connectivity index (χ0v) is 22.6. The van der Waals surface area contributed by atoms with Crippen molar-refractivity contribution in [2.75, 3.05) is 16.0 Å². The molecular weight excluding hydrogens is 479 g/mol. The Bertz CT molecular complexity index is 1120. The van der Waals surface area contributed by atoms with Crippen molar-refractivity contribution in [3.05, 3.63) is 60.2 Å². The number of hydrogen-bond donors (Lipinski definition) is 4. The minimum absolute atomic E-state index is 0.0401. The van der Waals surface area contributed by atoms with E-state index in [9.17, 15) is 13.2 Å². The maximum atomic E-state index is 13.4. The highest BCUT2D eigenvalue weighted by Gasteiger charge is 2.31. The number of nitrogens with zero attached hydrogens (tertiary/aromatic N) is 3. The monoisotopic (exact) mass is 517 g/mol. The van der Waals surface area contributed by atoms with Gasteiger partial charge in [-0.05, 0) is 91.6 Å². The molecule has 202 valence electrons. The third-order valence-corrected chi connectivity index (χ3v) is 3.94. The van der Waals surface area contributed by atoms with Crippen molar-refractivity contribution in [3.63, 3.8) is 0 Å². The number of allylic oxidation sites excluding steroid dienone is 1. The first-order chi connectivity index (χ1) is 17.0. The summed E-state index contributed by atoms with van der Waals surface area (Å²) < 4.78 is 40.1. The topological polar surface area (TPSA) is 99.2 Å². The summed E-state index contributed by atoms with van der Waals surface area (Å²) in [7, 11) is 0.